The molecule has 0 atom stereocenters. The summed E-state index contributed by atoms with van der Waals surface area (Å²) >= 11 is 1.54. The molecule has 126 valence electrons. The minimum absolute atomic E-state index is 0.334. The average molecular weight is 345 g/mol. The van der Waals surface area contributed by atoms with Gasteiger partial charge in [-0.1, -0.05) is 6.07 Å². The predicted molar refractivity (Wildman–Crippen MR) is 95.6 cm³/mol. The third-order valence-electron chi connectivity index (χ3n) is 3.24. The standard InChI is InChI=1S/C17H19N3O3S/c1-4-18-17(22)20-19-10-13-6-8-15(24-13)12-5-7-14(11(2)9-12)16(21)23-3/h5-10H,4H2,1-3H3,(H2,18,20,22)/b19-10+. The van der Waals surface area contributed by atoms with Gasteiger partial charge in [-0.25, -0.2) is 15.0 Å². The van der Waals surface area contributed by atoms with Crippen LogP contribution in [0.5, 0.6) is 0 Å². The molecule has 6 nitrogen and oxygen atoms in total. The summed E-state index contributed by atoms with van der Waals surface area (Å²) in [5, 5.41) is 6.49. The van der Waals surface area contributed by atoms with Crippen LogP contribution >= 0.6 is 11.3 Å². The second kappa shape index (κ2) is 8.26. The van der Waals surface area contributed by atoms with Gasteiger partial charge in [-0.3, -0.25) is 0 Å². The van der Waals surface area contributed by atoms with Crippen molar-refractivity contribution in [3.05, 3.63) is 46.3 Å². The molecule has 1 heterocycles. The minimum Gasteiger partial charge on any atom is -0.465 e. The van der Waals surface area contributed by atoms with Crippen molar-refractivity contribution in [1.82, 2.24) is 10.7 Å². The lowest BCUT2D eigenvalue weighted by Crippen LogP contribution is -2.31. The van der Waals surface area contributed by atoms with E-state index in [4.69, 9.17) is 4.74 Å². The summed E-state index contributed by atoms with van der Waals surface area (Å²) in [4.78, 5) is 24.8. The van der Waals surface area contributed by atoms with E-state index in [2.05, 4.69) is 15.8 Å². The molecule has 0 saturated heterocycles. The van der Waals surface area contributed by atoms with Crippen molar-refractivity contribution in [2.75, 3.05) is 13.7 Å². The van der Waals surface area contributed by atoms with Crippen molar-refractivity contribution in [3.8, 4) is 10.4 Å². The maximum atomic E-state index is 11.6. The first kappa shape index (κ1) is 17.7. The van der Waals surface area contributed by atoms with Crippen LogP contribution in [0.25, 0.3) is 10.4 Å². The number of nitrogens with one attached hydrogen (secondary N) is 2. The van der Waals surface area contributed by atoms with Crippen molar-refractivity contribution < 1.29 is 14.3 Å². The highest BCUT2D eigenvalue weighted by Crippen LogP contribution is 2.29. The average Bonchev–Trinajstić information content (AvgIpc) is 3.03. The van der Waals surface area contributed by atoms with Crippen LogP contribution in [0.4, 0.5) is 4.79 Å². The molecule has 0 unspecified atom stereocenters. The Kier molecular flexibility index (Phi) is 6.08. The summed E-state index contributed by atoms with van der Waals surface area (Å²) in [7, 11) is 1.37. The van der Waals surface area contributed by atoms with Gasteiger partial charge in [0.25, 0.3) is 0 Å². The maximum Gasteiger partial charge on any atom is 0.338 e. The summed E-state index contributed by atoms with van der Waals surface area (Å²) in [6, 6.07) is 9.17. The Morgan fingerprint density at radius 2 is 2.08 bits per heavy atom. The number of urea groups is 1. The second-order valence-corrected chi connectivity index (χ2v) is 6.07. The fourth-order valence-electron chi connectivity index (χ4n) is 2.09. The number of aryl methyl sites for hydroxylation is 1. The number of hydrogen-bond donors (Lipinski definition) is 2. The number of ether oxygens (including phenoxy) is 1. The molecule has 0 bridgehead atoms. The Morgan fingerprint density at radius 3 is 2.75 bits per heavy atom. The Hall–Kier alpha value is -2.67. The lowest BCUT2D eigenvalue weighted by atomic mass is 10.0. The first-order chi connectivity index (χ1) is 11.5. The van der Waals surface area contributed by atoms with Crippen molar-refractivity contribution in [2.45, 2.75) is 13.8 Å². The number of carbonyl (C=O) groups excluding carboxylic acids is 2. The molecule has 24 heavy (non-hydrogen) atoms. The number of thiophene rings is 1. The first-order valence-electron chi connectivity index (χ1n) is 7.41. The molecule has 7 heteroatoms. The summed E-state index contributed by atoms with van der Waals surface area (Å²) in [5.41, 5.74) is 4.83. The number of rotatable bonds is 5. The van der Waals surface area contributed by atoms with E-state index >= 15 is 0 Å². The molecule has 0 radical (unpaired) electrons. The van der Waals surface area contributed by atoms with Crippen molar-refractivity contribution in [1.29, 1.82) is 0 Å². The highest BCUT2D eigenvalue weighted by atomic mass is 32.1. The zero-order valence-corrected chi connectivity index (χ0v) is 14.6. The van der Waals surface area contributed by atoms with Gasteiger partial charge >= 0.3 is 12.0 Å². The zero-order valence-electron chi connectivity index (χ0n) is 13.8. The topological polar surface area (TPSA) is 79.8 Å². The molecule has 0 aliphatic carbocycles. The SMILES string of the molecule is CCNC(=O)N/N=C/c1ccc(-c2ccc(C(=O)OC)c(C)c2)s1. The highest BCUT2D eigenvalue weighted by molar-refractivity contribution is 7.17. The number of methoxy groups -OCH3 is 1. The lowest BCUT2D eigenvalue weighted by Gasteiger charge is -2.05. The molecule has 2 rings (SSSR count). The first-order valence-corrected chi connectivity index (χ1v) is 8.23. The lowest BCUT2D eigenvalue weighted by molar-refractivity contribution is 0.0600. The van der Waals surface area contributed by atoms with Gasteiger partial charge in [0.1, 0.15) is 0 Å². The van der Waals surface area contributed by atoms with E-state index in [9.17, 15) is 9.59 Å². The van der Waals surface area contributed by atoms with Gasteiger partial charge < -0.3 is 10.1 Å². The third-order valence-corrected chi connectivity index (χ3v) is 4.31. The predicted octanol–water partition coefficient (Wildman–Crippen LogP) is 3.16. The normalized spacial score (nSPS) is 10.6. The summed E-state index contributed by atoms with van der Waals surface area (Å²) in [5.74, 6) is -0.338. The largest absolute Gasteiger partial charge is 0.465 e. The Balaban J connectivity index is 2.10. The van der Waals surface area contributed by atoms with Crippen molar-refractivity contribution >= 4 is 29.6 Å². The summed E-state index contributed by atoms with van der Waals surface area (Å²) in [6.07, 6.45) is 1.60. The Morgan fingerprint density at radius 1 is 1.29 bits per heavy atom. The second-order valence-electron chi connectivity index (χ2n) is 4.95. The van der Waals surface area contributed by atoms with Crippen LogP contribution in [0.15, 0.2) is 35.4 Å². The monoisotopic (exact) mass is 345 g/mol. The van der Waals surface area contributed by atoms with E-state index in [1.807, 2.05) is 38.1 Å². The molecule has 1 aromatic carbocycles. The van der Waals surface area contributed by atoms with Crippen molar-refractivity contribution in [2.24, 2.45) is 5.10 Å². The molecule has 0 aliphatic rings. The number of nitrogens with zero attached hydrogens (tertiary/aromatic N) is 1. The van der Waals surface area contributed by atoms with E-state index in [0.717, 1.165) is 20.9 Å². The molecule has 1 aromatic heterocycles. The van der Waals surface area contributed by atoms with Crippen LogP contribution in [-0.4, -0.2) is 31.9 Å². The Bertz CT molecular complexity index is 768. The fraction of sp³-hybridized carbons (Fsp3) is 0.235. The zero-order chi connectivity index (χ0) is 17.5. The van der Waals surface area contributed by atoms with Crippen LogP contribution < -0.4 is 10.7 Å². The smallest absolute Gasteiger partial charge is 0.338 e. The van der Waals surface area contributed by atoms with Crippen LogP contribution in [-0.2, 0) is 4.74 Å². The molecule has 0 fully saturated rings. The van der Waals surface area contributed by atoms with E-state index in [0.29, 0.717) is 12.1 Å². The molecular formula is C17H19N3O3S. The number of benzene rings is 1. The van der Waals surface area contributed by atoms with Crippen molar-refractivity contribution in [3.63, 3.8) is 0 Å². The van der Waals surface area contributed by atoms with E-state index in [1.54, 1.807) is 23.6 Å². The Labute approximate surface area is 144 Å². The molecule has 0 saturated carbocycles. The van der Waals surface area contributed by atoms with Gasteiger partial charge in [0, 0.05) is 16.3 Å². The van der Waals surface area contributed by atoms with Gasteiger partial charge in [-0.05, 0) is 49.2 Å². The van der Waals surface area contributed by atoms with E-state index in [-0.39, 0.29) is 12.0 Å². The van der Waals surface area contributed by atoms with Gasteiger partial charge in [-0.15, -0.1) is 11.3 Å². The van der Waals surface area contributed by atoms with Gasteiger partial charge in [-0.2, -0.15) is 5.10 Å². The third kappa shape index (κ3) is 4.42. The number of carbonyl (C=O) groups is 2. The number of hydrazone groups is 1. The van der Waals surface area contributed by atoms with Crippen LogP contribution in [0, 0.1) is 6.92 Å². The van der Waals surface area contributed by atoms with Crippen LogP contribution in [0.2, 0.25) is 0 Å². The van der Waals surface area contributed by atoms with Gasteiger partial charge in [0.05, 0.1) is 18.9 Å². The number of hydrogen-bond acceptors (Lipinski definition) is 5. The van der Waals surface area contributed by atoms with Gasteiger partial charge in [0.2, 0.25) is 0 Å². The maximum absolute atomic E-state index is 11.6. The quantitative estimate of drug-likeness (QED) is 0.496. The van der Waals surface area contributed by atoms with Crippen LogP contribution in [0.3, 0.4) is 0 Å². The molecule has 2 aromatic rings. The molecule has 0 spiro atoms. The van der Waals surface area contributed by atoms with E-state index in [1.165, 1.54) is 7.11 Å². The molecule has 2 N–H and O–H groups in total. The molecule has 0 aliphatic heterocycles. The number of esters is 1. The summed E-state index contributed by atoms with van der Waals surface area (Å²) < 4.78 is 4.75. The molecular weight excluding hydrogens is 326 g/mol. The van der Waals surface area contributed by atoms with Crippen LogP contribution in [0.1, 0.15) is 27.7 Å². The number of amides is 2. The highest BCUT2D eigenvalue weighted by Gasteiger charge is 2.10. The summed E-state index contributed by atoms with van der Waals surface area (Å²) in [6.45, 7) is 4.26. The minimum atomic E-state index is -0.338. The van der Waals surface area contributed by atoms with Gasteiger partial charge in [0.15, 0.2) is 0 Å². The molecule has 2 amide bonds. The fourth-order valence-corrected chi connectivity index (χ4v) is 2.96. The van der Waals surface area contributed by atoms with E-state index < -0.39 is 0 Å².